The summed E-state index contributed by atoms with van der Waals surface area (Å²) < 4.78 is 13.8. The van der Waals surface area contributed by atoms with E-state index >= 15 is 0 Å². The van der Waals surface area contributed by atoms with Crippen molar-refractivity contribution in [1.82, 2.24) is 15.6 Å². The van der Waals surface area contributed by atoms with Gasteiger partial charge < -0.3 is 15.6 Å². The highest BCUT2D eigenvalue weighted by atomic mass is 19.1. The predicted molar refractivity (Wildman–Crippen MR) is 105 cm³/mol. The standard InChI is InChI=1S/C21H23FN4O/c1-14(24-13-16-12-18-19(22)4-2-5-20(18)25-16)15-6-8-17(9-7-15)26-11-3-10-23-21(26)27/h2,4-9,12,14,24-25H,3,10-11,13H2,1H3,(H,23,27). The summed E-state index contributed by atoms with van der Waals surface area (Å²) in [6, 6.07) is 15.0. The molecule has 3 N–H and O–H groups in total. The molecule has 5 nitrogen and oxygen atoms in total. The number of halogens is 1. The lowest BCUT2D eigenvalue weighted by atomic mass is 10.1. The molecule has 27 heavy (non-hydrogen) atoms. The lowest BCUT2D eigenvalue weighted by Gasteiger charge is -2.27. The Labute approximate surface area is 157 Å². The number of benzene rings is 2. The summed E-state index contributed by atoms with van der Waals surface area (Å²) in [6.45, 7) is 4.19. The van der Waals surface area contributed by atoms with Gasteiger partial charge in [-0.05, 0) is 49.2 Å². The second-order valence-corrected chi connectivity index (χ2v) is 6.93. The van der Waals surface area contributed by atoms with Crippen molar-refractivity contribution in [3.63, 3.8) is 0 Å². The first-order chi connectivity index (χ1) is 13.1. The number of aromatic amines is 1. The second kappa shape index (κ2) is 7.40. The van der Waals surface area contributed by atoms with Crippen LogP contribution in [0.4, 0.5) is 14.9 Å². The highest BCUT2D eigenvalue weighted by Crippen LogP contribution is 2.22. The van der Waals surface area contributed by atoms with Crippen LogP contribution in [0.15, 0.2) is 48.5 Å². The molecule has 1 fully saturated rings. The molecule has 1 aliphatic heterocycles. The number of carbonyl (C=O) groups is 1. The van der Waals surface area contributed by atoms with Gasteiger partial charge in [0.05, 0.1) is 0 Å². The first-order valence-corrected chi connectivity index (χ1v) is 9.26. The number of H-pyrrole nitrogens is 1. The summed E-state index contributed by atoms with van der Waals surface area (Å²) in [4.78, 5) is 17.0. The van der Waals surface area contributed by atoms with Crippen molar-refractivity contribution in [1.29, 1.82) is 0 Å². The number of aromatic nitrogens is 1. The molecular formula is C21H23FN4O. The largest absolute Gasteiger partial charge is 0.357 e. The van der Waals surface area contributed by atoms with E-state index in [0.29, 0.717) is 11.9 Å². The number of amides is 2. The fourth-order valence-electron chi connectivity index (χ4n) is 3.47. The van der Waals surface area contributed by atoms with Gasteiger partial charge in [-0.15, -0.1) is 0 Å². The van der Waals surface area contributed by atoms with Gasteiger partial charge in [0.25, 0.3) is 0 Å². The summed E-state index contributed by atoms with van der Waals surface area (Å²) in [5, 5.41) is 6.94. The highest BCUT2D eigenvalue weighted by molar-refractivity contribution is 5.92. The van der Waals surface area contributed by atoms with Gasteiger partial charge in [-0.3, -0.25) is 4.90 Å². The van der Waals surface area contributed by atoms with Gasteiger partial charge in [-0.25, -0.2) is 9.18 Å². The lowest BCUT2D eigenvalue weighted by Crippen LogP contribution is -2.46. The van der Waals surface area contributed by atoms with Crippen LogP contribution in [0.5, 0.6) is 0 Å². The summed E-state index contributed by atoms with van der Waals surface area (Å²) >= 11 is 0. The Kier molecular flexibility index (Phi) is 4.81. The number of fused-ring (bicyclic) bond motifs is 1. The van der Waals surface area contributed by atoms with Crippen LogP contribution < -0.4 is 15.5 Å². The quantitative estimate of drug-likeness (QED) is 0.637. The van der Waals surface area contributed by atoms with Gasteiger partial charge >= 0.3 is 6.03 Å². The fourth-order valence-corrected chi connectivity index (χ4v) is 3.47. The Morgan fingerprint density at radius 3 is 2.78 bits per heavy atom. The van der Waals surface area contributed by atoms with E-state index in [2.05, 4.69) is 22.5 Å². The molecule has 0 radical (unpaired) electrons. The Hall–Kier alpha value is -2.86. The molecule has 1 saturated heterocycles. The molecule has 1 aliphatic rings. The fraction of sp³-hybridized carbons (Fsp3) is 0.286. The molecule has 0 spiro atoms. The molecule has 2 heterocycles. The second-order valence-electron chi connectivity index (χ2n) is 6.93. The topological polar surface area (TPSA) is 60.2 Å². The zero-order chi connectivity index (χ0) is 18.8. The molecule has 2 aromatic carbocycles. The van der Waals surface area contributed by atoms with Gasteiger partial charge in [-0.1, -0.05) is 18.2 Å². The number of carbonyl (C=O) groups excluding carboxylic acids is 1. The van der Waals surface area contributed by atoms with Gasteiger partial charge in [-0.2, -0.15) is 0 Å². The number of anilines is 1. The minimum atomic E-state index is -0.208. The lowest BCUT2D eigenvalue weighted by molar-refractivity contribution is 0.243. The van der Waals surface area contributed by atoms with Crippen LogP contribution in [0.1, 0.15) is 30.6 Å². The van der Waals surface area contributed by atoms with E-state index in [-0.39, 0.29) is 17.9 Å². The average molecular weight is 366 g/mol. The van der Waals surface area contributed by atoms with Crippen LogP contribution in [0.2, 0.25) is 0 Å². The average Bonchev–Trinajstić information content (AvgIpc) is 3.11. The maximum Gasteiger partial charge on any atom is 0.321 e. The summed E-state index contributed by atoms with van der Waals surface area (Å²) in [5.74, 6) is -0.208. The molecule has 0 saturated carbocycles. The van der Waals surface area contributed by atoms with Gasteiger partial charge in [0.2, 0.25) is 0 Å². The summed E-state index contributed by atoms with van der Waals surface area (Å²) in [7, 11) is 0. The minimum absolute atomic E-state index is 0.0359. The van der Waals surface area contributed by atoms with E-state index in [9.17, 15) is 9.18 Å². The molecule has 1 aromatic heterocycles. The Balaban J connectivity index is 1.41. The minimum Gasteiger partial charge on any atom is -0.357 e. The maximum atomic E-state index is 13.8. The number of urea groups is 1. The van der Waals surface area contributed by atoms with Crippen molar-refractivity contribution in [2.24, 2.45) is 0 Å². The third-order valence-corrected chi connectivity index (χ3v) is 5.05. The number of hydrogen-bond acceptors (Lipinski definition) is 2. The van der Waals surface area contributed by atoms with E-state index < -0.39 is 0 Å². The number of hydrogen-bond donors (Lipinski definition) is 3. The van der Waals surface area contributed by atoms with Crippen molar-refractivity contribution in [3.05, 3.63) is 65.6 Å². The maximum absolute atomic E-state index is 13.8. The number of nitrogens with one attached hydrogen (secondary N) is 3. The SMILES string of the molecule is CC(NCc1cc2c(F)cccc2[nH]1)c1ccc(N2CCCNC2=O)cc1. The van der Waals surface area contributed by atoms with E-state index in [1.54, 1.807) is 11.0 Å². The summed E-state index contributed by atoms with van der Waals surface area (Å²) in [5.41, 5.74) is 3.81. The first-order valence-electron chi connectivity index (χ1n) is 9.26. The number of rotatable bonds is 5. The van der Waals surface area contributed by atoms with Gasteiger partial charge in [0, 0.05) is 48.0 Å². The molecular weight excluding hydrogens is 343 g/mol. The monoisotopic (exact) mass is 366 g/mol. The van der Waals surface area contributed by atoms with Crippen molar-refractivity contribution in [2.75, 3.05) is 18.0 Å². The van der Waals surface area contributed by atoms with Crippen LogP contribution in [-0.2, 0) is 6.54 Å². The molecule has 0 bridgehead atoms. The highest BCUT2D eigenvalue weighted by Gasteiger charge is 2.19. The smallest absolute Gasteiger partial charge is 0.321 e. The van der Waals surface area contributed by atoms with E-state index in [4.69, 9.17) is 0 Å². The van der Waals surface area contributed by atoms with Gasteiger partial charge in [0.15, 0.2) is 0 Å². The van der Waals surface area contributed by atoms with E-state index in [0.717, 1.165) is 42.0 Å². The van der Waals surface area contributed by atoms with Crippen LogP contribution in [0.3, 0.4) is 0 Å². The first kappa shape index (κ1) is 17.5. The molecule has 0 aliphatic carbocycles. The molecule has 1 atom stereocenters. The van der Waals surface area contributed by atoms with E-state index in [1.165, 1.54) is 6.07 Å². The van der Waals surface area contributed by atoms with Crippen LogP contribution in [-0.4, -0.2) is 24.1 Å². The van der Waals surface area contributed by atoms with Crippen molar-refractivity contribution in [3.8, 4) is 0 Å². The van der Waals surface area contributed by atoms with Crippen LogP contribution in [0, 0.1) is 5.82 Å². The zero-order valence-corrected chi connectivity index (χ0v) is 15.3. The van der Waals surface area contributed by atoms with Crippen molar-refractivity contribution < 1.29 is 9.18 Å². The Bertz CT molecular complexity index is 950. The third-order valence-electron chi connectivity index (χ3n) is 5.05. The third kappa shape index (κ3) is 3.66. The Morgan fingerprint density at radius 2 is 2.04 bits per heavy atom. The zero-order valence-electron chi connectivity index (χ0n) is 15.3. The number of nitrogens with zero attached hydrogens (tertiary/aromatic N) is 1. The molecule has 3 aromatic rings. The summed E-state index contributed by atoms with van der Waals surface area (Å²) in [6.07, 6.45) is 0.955. The molecule has 4 rings (SSSR count). The Morgan fingerprint density at radius 1 is 1.22 bits per heavy atom. The van der Waals surface area contributed by atoms with E-state index in [1.807, 2.05) is 36.4 Å². The van der Waals surface area contributed by atoms with Crippen LogP contribution in [0.25, 0.3) is 10.9 Å². The van der Waals surface area contributed by atoms with Crippen molar-refractivity contribution in [2.45, 2.75) is 25.9 Å². The molecule has 6 heteroatoms. The normalized spacial score (nSPS) is 15.8. The molecule has 2 amide bonds. The van der Waals surface area contributed by atoms with Gasteiger partial charge in [0.1, 0.15) is 5.82 Å². The predicted octanol–water partition coefficient (Wildman–Crippen LogP) is 4.08. The molecule has 1 unspecified atom stereocenters. The molecule has 140 valence electrons. The van der Waals surface area contributed by atoms with Crippen LogP contribution >= 0.6 is 0 Å². The van der Waals surface area contributed by atoms with Crippen molar-refractivity contribution >= 4 is 22.6 Å².